The molecule has 3 nitrogen and oxygen atoms in total. The number of carbonyl (C=O) groups is 1. The van der Waals surface area contributed by atoms with E-state index in [2.05, 4.69) is 12.1 Å². The highest BCUT2D eigenvalue weighted by atomic mass is 32.1. The largest absolute Gasteiger partial charge is 0.396 e. The van der Waals surface area contributed by atoms with E-state index in [1.54, 1.807) is 0 Å². The van der Waals surface area contributed by atoms with Gasteiger partial charge in [0.25, 0.3) is 5.91 Å². The van der Waals surface area contributed by atoms with Gasteiger partial charge in [0.2, 0.25) is 0 Å². The third-order valence-electron chi connectivity index (χ3n) is 4.76. The molecule has 122 valence electrons. The second kappa shape index (κ2) is 6.85. The molecule has 23 heavy (non-hydrogen) atoms. The summed E-state index contributed by atoms with van der Waals surface area (Å²) in [5, 5.41) is 12.0. The number of aliphatic hydroxyl groups is 1. The maximum absolute atomic E-state index is 12.8. The number of thiophene rings is 1. The summed E-state index contributed by atoms with van der Waals surface area (Å²) < 4.78 is 0. The normalized spacial score (nSPS) is 21.4. The highest BCUT2D eigenvalue weighted by molar-refractivity contribution is 7.12. The third kappa shape index (κ3) is 3.48. The van der Waals surface area contributed by atoms with Gasteiger partial charge in [-0.1, -0.05) is 30.3 Å². The molecule has 4 heteroatoms. The predicted octanol–water partition coefficient (Wildman–Crippen LogP) is 3.51. The number of amides is 1. The van der Waals surface area contributed by atoms with Crippen molar-refractivity contribution in [1.82, 2.24) is 4.90 Å². The molecule has 1 aromatic carbocycles. The number of piperidine rings is 1. The van der Waals surface area contributed by atoms with Crippen molar-refractivity contribution in [2.75, 3.05) is 19.7 Å². The van der Waals surface area contributed by atoms with Crippen LogP contribution in [0.3, 0.4) is 0 Å². The smallest absolute Gasteiger partial charge is 0.264 e. The molecule has 1 saturated heterocycles. The molecular formula is C19H23NO2S. The van der Waals surface area contributed by atoms with Crippen LogP contribution in [0.2, 0.25) is 0 Å². The summed E-state index contributed by atoms with van der Waals surface area (Å²) in [5.41, 5.74) is 2.05. The molecule has 1 N–H and O–H groups in total. The Morgan fingerprint density at radius 3 is 2.74 bits per heavy atom. The van der Waals surface area contributed by atoms with Crippen molar-refractivity contribution in [2.45, 2.75) is 26.2 Å². The highest BCUT2D eigenvalue weighted by Crippen LogP contribution is 2.34. The summed E-state index contributed by atoms with van der Waals surface area (Å²) in [5.74, 6) is 0.114. The number of hydrogen-bond donors (Lipinski definition) is 1. The fourth-order valence-corrected chi connectivity index (χ4v) is 4.37. The van der Waals surface area contributed by atoms with Gasteiger partial charge in [-0.2, -0.15) is 0 Å². The average molecular weight is 329 g/mol. The zero-order chi connectivity index (χ0) is 16.3. The van der Waals surface area contributed by atoms with Crippen LogP contribution in [0.15, 0.2) is 41.8 Å². The van der Waals surface area contributed by atoms with Gasteiger partial charge in [0, 0.05) is 18.5 Å². The molecule has 1 aliphatic heterocycles. The zero-order valence-corrected chi connectivity index (χ0v) is 14.3. The fourth-order valence-electron chi connectivity index (χ4n) is 3.47. The van der Waals surface area contributed by atoms with Crippen molar-refractivity contribution < 1.29 is 9.90 Å². The lowest BCUT2D eigenvalue weighted by Crippen LogP contribution is -2.48. The number of carbonyl (C=O) groups excluding carboxylic acids is 1. The number of hydrogen-bond acceptors (Lipinski definition) is 3. The van der Waals surface area contributed by atoms with Gasteiger partial charge in [-0.15, -0.1) is 11.3 Å². The van der Waals surface area contributed by atoms with E-state index in [1.165, 1.54) is 16.9 Å². The molecule has 0 saturated carbocycles. The van der Waals surface area contributed by atoms with Crippen LogP contribution in [0.25, 0.3) is 0 Å². The van der Waals surface area contributed by atoms with Crippen LogP contribution >= 0.6 is 11.3 Å². The number of aryl methyl sites for hydroxylation is 1. The van der Waals surface area contributed by atoms with E-state index in [9.17, 15) is 9.90 Å². The molecule has 1 aromatic heterocycles. The first-order chi connectivity index (χ1) is 11.1. The van der Waals surface area contributed by atoms with Crippen molar-refractivity contribution in [1.29, 1.82) is 0 Å². The van der Waals surface area contributed by atoms with Crippen LogP contribution in [0.5, 0.6) is 0 Å². The molecule has 1 amide bonds. The minimum absolute atomic E-state index is 0.114. The van der Waals surface area contributed by atoms with Crippen molar-refractivity contribution in [2.24, 2.45) is 5.41 Å². The average Bonchev–Trinajstić information content (AvgIpc) is 3.01. The van der Waals surface area contributed by atoms with E-state index >= 15 is 0 Å². The van der Waals surface area contributed by atoms with Crippen LogP contribution < -0.4 is 0 Å². The Labute approximate surface area is 141 Å². The maximum atomic E-state index is 12.8. The Morgan fingerprint density at radius 2 is 2.09 bits per heavy atom. The minimum atomic E-state index is -0.222. The molecule has 1 aliphatic rings. The van der Waals surface area contributed by atoms with Crippen LogP contribution in [0, 0.1) is 12.3 Å². The van der Waals surface area contributed by atoms with Crippen LogP contribution in [-0.4, -0.2) is 35.6 Å². The lowest BCUT2D eigenvalue weighted by molar-refractivity contribution is 0.0274. The summed E-state index contributed by atoms with van der Waals surface area (Å²) in [7, 11) is 0. The van der Waals surface area contributed by atoms with E-state index in [0.717, 1.165) is 36.2 Å². The molecule has 2 aromatic rings. The van der Waals surface area contributed by atoms with Crippen LogP contribution in [-0.2, 0) is 6.42 Å². The van der Waals surface area contributed by atoms with Gasteiger partial charge >= 0.3 is 0 Å². The molecule has 0 unspecified atom stereocenters. The summed E-state index contributed by atoms with van der Waals surface area (Å²) >= 11 is 1.51. The van der Waals surface area contributed by atoms with Crippen LogP contribution in [0.4, 0.5) is 0 Å². The zero-order valence-electron chi connectivity index (χ0n) is 13.5. The van der Waals surface area contributed by atoms with Gasteiger partial charge in [-0.3, -0.25) is 4.79 Å². The SMILES string of the molecule is Cc1ccsc1C(=O)N1CCC[C@](CO)(Cc2ccccc2)C1. The molecule has 1 fully saturated rings. The first-order valence-electron chi connectivity index (χ1n) is 8.12. The minimum Gasteiger partial charge on any atom is -0.396 e. The Hall–Kier alpha value is -1.65. The number of nitrogens with zero attached hydrogens (tertiary/aromatic N) is 1. The standard InChI is InChI=1S/C19H23NO2S/c1-15-8-11-23-17(15)18(22)20-10-5-9-19(13-20,14-21)12-16-6-3-2-4-7-16/h2-4,6-8,11,21H,5,9-10,12-14H2,1H3/t19-/m0/s1. The molecule has 0 aliphatic carbocycles. The van der Waals surface area contributed by atoms with Gasteiger partial charge in [0.1, 0.15) is 0 Å². The topological polar surface area (TPSA) is 40.5 Å². The second-order valence-corrected chi connectivity index (χ2v) is 7.50. The van der Waals surface area contributed by atoms with Crippen molar-refractivity contribution in [3.05, 3.63) is 57.8 Å². The lowest BCUT2D eigenvalue weighted by atomic mass is 9.75. The molecule has 0 spiro atoms. The molecule has 0 bridgehead atoms. The summed E-state index contributed by atoms with van der Waals surface area (Å²) in [6, 6.07) is 12.3. The van der Waals surface area contributed by atoms with Gasteiger partial charge in [-0.05, 0) is 48.8 Å². The highest BCUT2D eigenvalue weighted by Gasteiger charge is 2.37. The summed E-state index contributed by atoms with van der Waals surface area (Å²) in [4.78, 5) is 15.6. The number of likely N-dealkylation sites (tertiary alicyclic amines) is 1. The first kappa shape index (κ1) is 16.2. The van der Waals surface area contributed by atoms with Crippen LogP contribution in [0.1, 0.15) is 33.6 Å². The van der Waals surface area contributed by atoms with Crippen molar-refractivity contribution in [3.8, 4) is 0 Å². The van der Waals surface area contributed by atoms with Crippen molar-refractivity contribution >= 4 is 17.2 Å². The third-order valence-corrected chi connectivity index (χ3v) is 5.77. The monoisotopic (exact) mass is 329 g/mol. The second-order valence-electron chi connectivity index (χ2n) is 6.58. The Bertz CT molecular complexity index is 667. The van der Waals surface area contributed by atoms with Crippen molar-refractivity contribution in [3.63, 3.8) is 0 Å². The quantitative estimate of drug-likeness (QED) is 0.932. The summed E-state index contributed by atoms with van der Waals surface area (Å²) in [6.07, 6.45) is 2.73. The van der Waals surface area contributed by atoms with E-state index in [1.807, 2.05) is 41.5 Å². The lowest BCUT2D eigenvalue weighted by Gasteiger charge is -2.42. The Kier molecular flexibility index (Phi) is 4.83. The predicted molar refractivity (Wildman–Crippen MR) is 93.9 cm³/mol. The van der Waals surface area contributed by atoms with E-state index in [-0.39, 0.29) is 17.9 Å². The molecule has 0 radical (unpaired) electrons. The molecular weight excluding hydrogens is 306 g/mol. The van der Waals surface area contributed by atoms with Gasteiger partial charge in [0.15, 0.2) is 0 Å². The van der Waals surface area contributed by atoms with Gasteiger partial charge in [0.05, 0.1) is 11.5 Å². The van der Waals surface area contributed by atoms with Gasteiger partial charge < -0.3 is 10.0 Å². The Balaban J connectivity index is 1.78. The molecule has 3 rings (SSSR count). The first-order valence-corrected chi connectivity index (χ1v) is 9.00. The summed E-state index contributed by atoms with van der Waals surface area (Å²) in [6.45, 7) is 3.52. The maximum Gasteiger partial charge on any atom is 0.264 e. The number of aliphatic hydroxyl groups excluding tert-OH is 1. The molecule has 2 heterocycles. The van der Waals surface area contributed by atoms with Gasteiger partial charge in [-0.25, -0.2) is 0 Å². The van der Waals surface area contributed by atoms with E-state index in [0.29, 0.717) is 6.54 Å². The number of rotatable bonds is 4. The van der Waals surface area contributed by atoms with E-state index < -0.39 is 0 Å². The van der Waals surface area contributed by atoms with E-state index in [4.69, 9.17) is 0 Å². The number of benzene rings is 1. The Morgan fingerprint density at radius 1 is 1.30 bits per heavy atom. The fraction of sp³-hybridized carbons (Fsp3) is 0.421. The molecule has 1 atom stereocenters.